The Morgan fingerprint density at radius 3 is 2.60 bits per heavy atom. The fourth-order valence-corrected chi connectivity index (χ4v) is 3.99. The van der Waals surface area contributed by atoms with Crippen LogP contribution >= 0.6 is 23.1 Å². The molecule has 0 bridgehead atoms. The van der Waals surface area contributed by atoms with Crippen molar-refractivity contribution in [3.8, 4) is 0 Å². The van der Waals surface area contributed by atoms with Gasteiger partial charge in [-0.25, -0.2) is 0 Å². The van der Waals surface area contributed by atoms with Crippen molar-refractivity contribution in [2.45, 2.75) is 31.3 Å². The van der Waals surface area contributed by atoms with Crippen molar-refractivity contribution >= 4 is 28.9 Å². The lowest BCUT2D eigenvalue weighted by Crippen LogP contribution is -2.05. The van der Waals surface area contributed by atoms with E-state index in [1.165, 1.54) is 22.2 Å². The van der Waals surface area contributed by atoms with E-state index in [-0.39, 0.29) is 5.78 Å². The molecule has 0 aliphatic carbocycles. The Balaban J connectivity index is 1.61. The molecule has 0 spiro atoms. The minimum absolute atomic E-state index is 0.114. The maximum absolute atomic E-state index is 12.4. The number of benzene rings is 1. The summed E-state index contributed by atoms with van der Waals surface area (Å²) < 4.78 is 1.97. The van der Waals surface area contributed by atoms with Crippen LogP contribution in [0.5, 0.6) is 0 Å². The van der Waals surface area contributed by atoms with E-state index < -0.39 is 0 Å². The van der Waals surface area contributed by atoms with Gasteiger partial charge < -0.3 is 4.57 Å². The number of hydrogen-bond acceptors (Lipinski definition) is 5. The van der Waals surface area contributed by atoms with Crippen LogP contribution < -0.4 is 0 Å². The van der Waals surface area contributed by atoms with Gasteiger partial charge in [-0.15, -0.1) is 21.5 Å². The molecule has 25 heavy (non-hydrogen) atoms. The highest BCUT2D eigenvalue weighted by atomic mass is 32.2. The summed E-state index contributed by atoms with van der Waals surface area (Å²) in [6.07, 6.45) is 0.770. The molecule has 2 heterocycles. The number of ketones is 1. The van der Waals surface area contributed by atoms with Gasteiger partial charge in [0.1, 0.15) is 5.82 Å². The predicted molar refractivity (Wildman–Crippen MR) is 104 cm³/mol. The largest absolute Gasteiger partial charge is 0.309 e. The molecule has 0 fully saturated rings. The van der Waals surface area contributed by atoms with E-state index in [4.69, 9.17) is 0 Å². The van der Waals surface area contributed by atoms with E-state index in [0.29, 0.717) is 11.7 Å². The number of thioether (sulfide) groups is 1. The maximum atomic E-state index is 12.4. The van der Waals surface area contributed by atoms with Gasteiger partial charge in [-0.3, -0.25) is 4.79 Å². The van der Waals surface area contributed by atoms with E-state index in [2.05, 4.69) is 35.5 Å². The molecule has 0 amide bonds. The lowest BCUT2D eigenvalue weighted by molar-refractivity contribution is 0.102. The highest BCUT2D eigenvalue weighted by Gasteiger charge is 2.13. The normalized spacial score (nSPS) is 11.2. The Morgan fingerprint density at radius 2 is 1.96 bits per heavy atom. The van der Waals surface area contributed by atoms with Gasteiger partial charge in [0.2, 0.25) is 0 Å². The van der Waals surface area contributed by atoms with Crippen LogP contribution in [0.25, 0.3) is 0 Å². The van der Waals surface area contributed by atoms with Gasteiger partial charge in [-0.1, -0.05) is 55.9 Å². The number of rotatable bonds is 7. The molecule has 6 heteroatoms. The summed E-state index contributed by atoms with van der Waals surface area (Å²) in [6, 6.07) is 12.0. The molecule has 0 saturated carbocycles. The molecule has 0 radical (unpaired) electrons. The molecule has 2 aromatic heterocycles. The van der Waals surface area contributed by atoms with E-state index in [1.807, 2.05) is 41.9 Å². The summed E-state index contributed by atoms with van der Waals surface area (Å²) in [4.78, 5) is 13.7. The highest BCUT2D eigenvalue weighted by molar-refractivity contribution is 7.99. The van der Waals surface area contributed by atoms with Crippen molar-refractivity contribution in [1.82, 2.24) is 14.8 Å². The summed E-state index contributed by atoms with van der Waals surface area (Å²) in [6.45, 7) is 4.29. The van der Waals surface area contributed by atoms with Crippen molar-refractivity contribution in [3.05, 3.63) is 63.6 Å². The summed E-state index contributed by atoms with van der Waals surface area (Å²) >= 11 is 3.15. The van der Waals surface area contributed by atoms with Crippen LogP contribution in [0.3, 0.4) is 0 Å². The van der Waals surface area contributed by atoms with Crippen LogP contribution in [0, 0.1) is 0 Å². The number of aromatic nitrogens is 3. The van der Waals surface area contributed by atoms with E-state index >= 15 is 0 Å². The Labute approximate surface area is 156 Å². The number of carbonyl (C=O) groups is 1. The van der Waals surface area contributed by atoms with Crippen LogP contribution in [-0.4, -0.2) is 26.3 Å². The van der Waals surface area contributed by atoms with E-state index in [1.54, 1.807) is 11.3 Å². The Bertz CT molecular complexity index is 836. The van der Waals surface area contributed by atoms with Gasteiger partial charge in [0.05, 0.1) is 5.75 Å². The molecule has 0 N–H and O–H groups in total. The fraction of sp³-hybridized carbons (Fsp3) is 0.316. The van der Waals surface area contributed by atoms with Gasteiger partial charge >= 0.3 is 0 Å². The average Bonchev–Trinajstić information content (AvgIpc) is 3.24. The molecule has 3 rings (SSSR count). The van der Waals surface area contributed by atoms with Crippen LogP contribution in [0.15, 0.2) is 46.9 Å². The number of hydrogen-bond donors (Lipinski definition) is 0. The SMILES string of the molecule is CC(C)c1ccc(C(=O)CSc2nnc(Cc3cccs3)n2C)cc1. The van der Waals surface area contributed by atoms with Crippen molar-refractivity contribution in [3.63, 3.8) is 0 Å². The van der Waals surface area contributed by atoms with Crippen molar-refractivity contribution in [1.29, 1.82) is 0 Å². The van der Waals surface area contributed by atoms with Gasteiger partial charge in [0.15, 0.2) is 10.9 Å². The molecule has 0 aliphatic heterocycles. The van der Waals surface area contributed by atoms with E-state index in [9.17, 15) is 4.79 Å². The lowest BCUT2D eigenvalue weighted by Gasteiger charge is -2.06. The Morgan fingerprint density at radius 1 is 1.20 bits per heavy atom. The molecule has 1 aromatic carbocycles. The summed E-state index contributed by atoms with van der Waals surface area (Å²) in [5, 5.41) is 11.3. The third-order valence-corrected chi connectivity index (χ3v) is 5.97. The molecule has 0 aliphatic rings. The van der Waals surface area contributed by atoms with Gasteiger partial charge in [0.25, 0.3) is 0 Å². The Hall–Kier alpha value is -1.92. The molecule has 0 atom stereocenters. The molecule has 0 unspecified atom stereocenters. The number of Topliss-reactive ketones (excluding diaryl/α,β-unsaturated/α-hetero) is 1. The third kappa shape index (κ3) is 4.38. The number of thiophene rings is 1. The molecule has 130 valence electrons. The van der Waals surface area contributed by atoms with Gasteiger partial charge in [-0.05, 0) is 22.9 Å². The van der Waals surface area contributed by atoms with Crippen LogP contribution in [0.4, 0.5) is 0 Å². The second-order valence-electron chi connectivity index (χ2n) is 6.20. The van der Waals surface area contributed by atoms with Crippen molar-refractivity contribution in [2.24, 2.45) is 7.05 Å². The first-order chi connectivity index (χ1) is 12.0. The monoisotopic (exact) mass is 371 g/mol. The number of carbonyl (C=O) groups excluding carboxylic acids is 1. The van der Waals surface area contributed by atoms with Crippen molar-refractivity contribution in [2.75, 3.05) is 5.75 Å². The first-order valence-electron chi connectivity index (χ1n) is 8.21. The van der Waals surface area contributed by atoms with Gasteiger partial charge in [-0.2, -0.15) is 0 Å². The topological polar surface area (TPSA) is 47.8 Å². The highest BCUT2D eigenvalue weighted by Crippen LogP contribution is 2.21. The lowest BCUT2D eigenvalue weighted by atomic mass is 10.0. The second-order valence-corrected chi connectivity index (χ2v) is 8.18. The first-order valence-corrected chi connectivity index (χ1v) is 10.1. The molecule has 0 saturated heterocycles. The van der Waals surface area contributed by atoms with E-state index in [0.717, 1.165) is 23.0 Å². The minimum Gasteiger partial charge on any atom is -0.309 e. The predicted octanol–water partition coefficient (Wildman–Crippen LogP) is 4.57. The summed E-state index contributed by atoms with van der Waals surface area (Å²) in [5.41, 5.74) is 1.99. The quantitative estimate of drug-likeness (QED) is 0.451. The average molecular weight is 372 g/mol. The molecular formula is C19H21N3OS2. The maximum Gasteiger partial charge on any atom is 0.191 e. The molecule has 4 nitrogen and oxygen atoms in total. The smallest absolute Gasteiger partial charge is 0.191 e. The zero-order valence-electron chi connectivity index (χ0n) is 14.6. The third-order valence-electron chi connectivity index (χ3n) is 4.07. The molecule has 3 aromatic rings. The van der Waals surface area contributed by atoms with Gasteiger partial charge in [0, 0.05) is 23.9 Å². The second kappa shape index (κ2) is 7.97. The zero-order valence-corrected chi connectivity index (χ0v) is 16.2. The molecular weight excluding hydrogens is 350 g/mol. The summed E-state index contributed by atoms with van der Waals surface area (Å²) in [7, 11) is 1.95. The fourth-order valence-electron chi connectivity index (χ4n) is 2.46. The first kappa shape index (κ1) is 17.9. The standard InChI is InChI=1S/C19H21N3OS2/c1-13(2)14-6-8-15(9-7-14)17(23)12-25-19-21-20-18(22(19)3)11-16-5-4-10-24-16/h4-10,13H,11-12H2,1-3H3. The van der Waals surface area contributed by atoms with Crippen LogP contribution in [-0.2, 0) is 13.5 Å². The zero-order chi connectivity index (χ0) is 17.8. The Kier molecular flexibility index (Phi) is 5.71. The van der Waals surface area contributed by atoms with Crippen molar-refractivity contribution < 1.29 is 4.79 Å². The summed E-state index contributed by atoms with van der Waals surface area (Å²) in [5.74, 6) is 1.87. The number of nitrogens with zero attached hydrogens (tertiary/aromatic N) is 3. The van der Waals surface area contributed by atoms with Crippen LogP contribution in [0.2, 0.25) is 0 Å². The van der Waals surface area contributed by atoms with Crippen LogP contribution in [0.1, 0.15) is 46.4 Å². The minimum atomic E-state index is 0.114.